The van der Waals surface area contributed by atoms with Gasteiger partial charge in [0.1, 0.15) is 0 Å². The smallest absolute Gasteiger partial charge is 0.0924 e. The Kier molecular flexibility index (Phi) is 3.42. The molecule has 0 amide bonds. The average molecular weight is 258 g/mol. The third-order valence-corrected chi connectivity index (χ3v) is 5.53. The summed E-state index contributed by atoms with van der Waals surface area (Å²) in [7, 11) is 0. The van der Waals surface area contributed by atoms with E-state index in [1.54, 1.807) is 0 Å². The van der Waals surface area contributed by atoms with Gasteiger partial charge >= 0.3 is 0 Å². The van der Waals surface area contributed by atoms with Crippen LogP contribution >= 0.6 is 0 Å². The number of aliphatic hydroxyl groups is 1. The van der Waals surface area contributed by atoms with Crippen molar-refractivity contribution in [2.45, 2.75) is 63.9 Å². The minimum absolute atomic E-state index is 0.375. The lowest BCUT2D eigenvalue weighted by Gasteiger charge is -2.42. The second kappa shape index (κ2) is 4.94. The van der Waals surface area contributed by atoms with Crippen LogP contribution in [-0.4, -0.2) is 5.11 Å². The highest BCUT2D eigenvalue weighted by Gasteiger charge is 2.40. The van der Waals surface area contributed by atoms with Gasteiger partial charge < -0.3 is 5.11 Å². The topological polar surface area (TPSA) is 20.2 Å². The van der Waals surface area contributed by atoms with Gasteiger partial charge in [-0.05, 0) is 54.6 Å². The SMILES string of the molecule is CC1CCC(C)C(O)(c2cccc(C3CCC3)c2)C1. The molecule has 1 nitrogen and oxygen atoms in total. The zero-order chi connectivity index (χ0) is 13.5. The standard InChI is InChI=1S/C18H26O/c1-13-9-10-14(2)18(19,12-13)17-8-4-7-16(11-17)15-5-3-6-15/h4,7-8,11,13-15,19H,3,5-6,9-10,12H2,1-2H3. The molecule has 0 spiro atoms. The van der Waals surface area contributed by atoms with Gasteiger partial charge in [-0.25, -0.2) is 0 Å². The summed E-state index contributed by atoms with van der Waals surface area (Å²) in [4.78, 5) is 0. The first kappa shape index (κ1) is 13.2. The summed E-state index contributed by atoms with van der Waals surface area (Å²) in [6, 6.07) is 8.82. The largest absolute Gasteiger partial charge is 0.385 e. The summed E-state index contributed by atoms with van der Waals surface area (Å²) in [5, 5.41) is 11.2. The monoisotopic (exact) mass is 258 g/mol. The first-order valence-electron chi connectivity index (χ1n) is 7.92. The molecule has 3 unspecified atom stereocenters. The van der Waals surface area contributed by atoms with Gasteiger partial charge in [0.15, 0.2) is 0 Å². The fraction of sp³-hybridized carbons (Fsp3) is 0.667. The Morgan fingerprint density at radius 2 is 1.89 bits per heavy atom. The van der Waals surface area contributed by atoms with Crippen LogP contribution in [0, 0.1) is 11.8 Å². The predicted octanol–water partition coefficient (Wildman–Crippen LogP) is 4.60. The number of hydrogen-bond donors (Lipinski definition) is 1. The van der Waals surface area contributed by atoms with E-state index < -0.39 is 5.60 Å². The molecule has 0 heterocycles. The Balaban J connectivity index is 1.90. The predicted molar refractivity (Wildman–Crippen MR) is 79.1 cm³/mol. The molecule has 2 saturated carbocycles. The minimum atomic E-state index is -0.600. The van der Waals surface area contributed by atoms with Gasteiger partial charge in [-0.3, -0.25) is 0 Å². The van der Waals surface area contributed by atoms with Crippen molar-refractivity contribution in [3.05, 3.63) is 35.4 Å². The summed E-state index contributed by atoms with van der Waals surface area (Å²) in [6.45, 7) is 4.48. The molecule has 1 heteroatoms. The Hall–Kier alpha value is -0.820. The Morgan fingerprint density at radius 1 is 1.11 bits per heavy atom. The van der Waals surface area contributed by atoms with Crippen LogP contribution in [0.2, 0.25) is 0 Å². The molecule has 1 aromatic carbocycles. The lowest BCUT2D eigenvalue weighted by Crippen LogP contribution is -2.39. The maximum Gasteiger partial charge on any atom is 0.0924 e. The summed E-state index contributed by atoms with van der Waals surface area (Å²) in [6.07, 6.45) is 7.34. The van der Waals surface area contributed by atoms with Gasteiger partial charge in [0.25, 0.3) is 0 Å². The second-order valence-corrected chi connectivity index (χ2v) is 6.97. The van der Waals surface area contributed by atoms with Gasteiger partial charge in [0, 0.05) is 0 Å². The van der Waals surface area contributed by atoms with E-state index in [2.05, 4.69) is 38.1 Å². The molecule has 0 aromatic heterocycles. The van der Waals surface area contributed by atoms with Crippen molar-refractivity contribution >= 4 is 0 Å². The maximum atomic E-state index is 11.2. The molecule has 3 rings (SSSR count). The van der Waals surface area contributed by atoms with Crippen molar-refractivity contribution in [3.63, 3.8) is 0 Å². The Morgan fingerprint density at radius 3 is 2.58 bits per heavy atom. The van der Waals surface area contributed by atoms with Crippen LogP contribution in [0.4, 0.5) is 0 Å². The molecule has 0 aliphatic heterocycles. The molecule has 0 bridgehead atoms. The lowest BCUT2D eigenvalue weighted by molar-refractivity contribution is -0.0628. The number of benzene rings is 1. The van der Waals surface area contributed by atoms with Gasteiger partial charge in [-0.1, -0.05) is 51.0 Å². The van der Waals surface area contributed by atoms with E-state index in [4.69, 9.17) is 0 Å². The average Bonchev–Trinajstić information content (AvgIpc) is 2.33. The van der Waals surface area contributed by atoms with Crippen LogP contribution in [0.1, 0.15) is 69.4 Å². The van der Waals surface area contributed by atoms with E-state index >= 15 is 0 Å². The van der Waals surface area contributed by atoms with Crippen molar-refractivity contribution in [3.8, 4) is 0 Å². The summed E-state index contributed by atoms with van der Waals surface area (Å²) >= 11 is 0. The molecule has 0 saturated heterocycles. The van der Waals surface area contributed by atoms with Crippen LogP contribution in [0.3, 0.4) is 0 Å². The molecule has 2 aliphatic rings. The molecular weight excluding hydrogens is 232 g/mol. The van der Waals surface area contributed by atoms with Gasteiger partial charge in [-0.15, -0.1) is 0 Å². The van der Waals surface area contributed by atoms with Gasteiger partial charge in [0.2, 0.25) is 0 Å². The van der Waals surface area contributed by atoms with Crippen molar-refractivity contribution in [2.24, 2.45) is 11.8 Å². The van der Waals surface area contributed by atoms with E-state index in [9.17, 15) is 5.11 Å². The molecule has 3 atom stereocenters. The fourth-order valence-electron chi connectivity index (χ4n) is 3.81. The van der Waals surface area contributed by atoms with Gasteiger partial charge in [-0.2, -0.15) is 0 Å². The van der Waals surface area contributed by atoms with E-state index in [0.717, 1.165) is 24.3 Å². The van der Waals surface area contributed by atoms with E-state index in [-0.39, 0.29) is 0 Å². The first-order chi connectivity index (χ1) is 9.09. The van der Waals surface area contributed by atoms with E-state index in [0.29, 0.717) is 11.8 Å². The van der Waals surface area contributed by atoms with Crippen molar-refractivity contribution < 1.29 is 5.11 Å². The Labute approximate surface area is 117 Å². The fourth-order valence-corrected chi connectivity index (χ4v) is 3.81. The first-order valence-corrected chi connectivity index (χ1v) is 7.92. The third kappa shape index (κ3) is 2.33. The van der Waals surface area contributed by atoms with E-state index in [1.165, 1.54) is 31.2 Å². The molecule has 104 valence electrons. The van der Waals surface area contributed by atoms with Crippen LogP contribution < -0.4 is 0 Å². The highest BCUT2D eigenvalue weighted by Crippen LogP contribution is 2.45. The van der Waals surface area contributed by atoms with Gasteiger partial charge in [0.05, 0.1) is 5.60 Å². The third-order valence-electron chi connectivity index (χ3n) is 5.53. The molecule has 19 heavy (non-hydrogen) atoms. The lowest BCUT2D eigenvalue weighted by atomic mass is 9.68. The van der Waals surface area contributed by atoms with E-state index in [1.807, 2.05) is 0 Å². The normalized spacial score (nSPS) is 35.9. The molecule has 2 fully saturated rings. The zero-order valence-corrected chi connectivity index (χ0v) is 12.2. The molecular formula is C18H26O. The quantitative estimate of drug-likeness (QED) is 0.822. The number of rotatable bonds is 2. The highest BCUT2D eigenvalue weighted by molar-refractivity contribution is 5.32. The van der Waals surface area contributed by atoms with Crippen LogP contribution in [0.5, 0.6) is 0 Å². The van der Waals surface area contributed by atoms with Crippen LogP contribution in [-0.2, 0) is 5.60 Å². The molecule has 2 aliphatic carbocycles. The summed E-state index contributed by atoms with van der Waals surface area (Å²) < 4.78 is 0. The van der Waals surface area contributed by atoms with Crippen LogP contribution in [0.15, 0.2) is 24.3 Å². The highest BCUT2D eigenvalue weighted by atomic mass is 16.3. The summed E-state index contributed by atoms with van der Waals surface area (Å²) in [5.41, 5.74) is 2.01. The van der Waals surface area contributed by atoms with Crippen molar-refractivity contribution in [1.29, 1.82) is 0 Å². The maximum absolute atomic E-state index is 11.2. The minimum Gasteiger partial charge on any atom is -0.385 e. The zero-order valence-electron chi connectivity index (χ0n) is 12.2. The molecule has 1 N–H and O–H groups in total. The second-order valence-electron chi connectivity index (χ2n) is 6.97. The van der Waals surface area contributed by atoms with Crippen molar-refractivity contribution in [1.82, 2.24) is 0 Å². The number of hydrogen-bond acceptors (Lipinski definition) is 1. The molecule has 1 aromatic rings. The summed E-state index contributed by atoms with van der Waals surface area (Å²) in [5.74, 6) is 1.76. The van der Waals surface area contributed by atoms with Crippen molar-refractivity contribution in [2.75, 3.05) is 0 Å². The van der Waals surface area contributed by atoms with Crippen LogP contribution in [0.25, 0.3) is 0 Å². The Bertz CT molecular complexity index is 449. The molecule has 0 radical (unpaired) electrons.